The molecule has 6 rings (SSSR count). The Bertz CT molecular complexity index is 1690. The van der Waals surface area contributed by atoms with Crippen LogP contribution in [0, 0.1) is 0 Å². The molecule has 0 amide bonds. The Balaban J connectivity index is 1.33. The number of fused-ring (bicyclic) bond motifs is 1. The zero-order chi connectivity index (χ0) is 31.4. The maximum atomic E-state index is 11.2. The van der Waals surface area contributed by atoms with Gasteiger partial charge in [0.2, 0.25) is 0 Å². The number of hydrogen-bond donors (Lipinski definition) is 1. The van der Waals surface area contributed by atoms with Crippen LogP contribution >= 0.6 is 0 Å². The number of nitrogens with zero attached hydrogens (tertiary/aromatic N) is 6. The first-order valence-electron chi connectivity index (χ1n) is 14.6. The van der Waals surface area contributed by atoms with Gasteiger partial charge < -0.3 is 29.0 Å². The van der Waals surface area contributed by atoms with E-state index >= 15 is 0 Å². The molecule has 0 saturated carbocycles. The summed E-state index contributed by atoms with van der Waals surface area (Å²) in [6.07, 6.45) is 3.18. The van der Waals surface area contributed by atoms with Crippen molar-refractivity contribution in [1.29, 1.82) is 0 Å². The lowest BCUT2D eigenvalue weighted by atomic mass is 9.80. The van der Waals surface area contributed by atoms with Crippen LogP contribution in [0.1, 0.15) is 29.3 Å². The minimum absolute atomic E-state index is 0.102. The molecule has 0 unspecified atom stereocenters. The summed E-state index contributed by atoms with van der Waals surface area (Å²) in [6.45, 7) is 0.102. The molecule has 0 spiro atoms. The third-order valence-electron chi connectivity index (χ3n) is 7.90. The van der Waals surface area contributed by atoms with Crippen LogP contribution in [0.2, 0.25) is 0 Å². The topological polar surface area (TPSA) is 116 Å². The zero-order valence-electron chi connectivity index (χ0n) is 25.6. The molecule has 11 nitrogen and oxygen atoms in total. The molecule has 3 heterocycles. The third kappa shape index (κ3) is 5.97. The Morgan fingerprint density at radius 2 is 1.53 bits per heavy atom. The second-order valence-corrected chi connectivity index (χ2v) is 11.0. The summed E-state index contributed by atoms with van der Waals surface area (Å²) in [5, 5.41) is 11.2. The number of imidazole rings is 1. The van der Waals surface area contributed by atoms with Crippen LogP contribution < -0.4 is 9.47 Å². The van der Waals surface area contributed by atoms with Gasteiger partial charge in [0.15, 0.2) is 17.0 Å². The van der Waals surface area contributed by atoms with Crippen molar-refractivity contribution in [2.45, 2.75) is 30.5 Å². The number of aliphatic hydroxyl groups excluding tert-OH is 1. The Labute approximate surface area is 261 Å². The van der Waals surface area contributed by atoms with Gasteiger partial charge in [0.25, 0.3) is 0 Å². The molecule has 0 radical (unpaired) electrons. The number of rotatable bonds is 11. The van der Waals surface area contributed by atoms with Gasteiger partial charge in [-0.15, -0.1) is 0 Å². The summed E-state index contributed by atoms with van der Waals surface area (Å²) in [5.74, 6) is 1.93. The highest BCUT2D eigenvalue weighted by atomic mass is 16.6. The smallest absolute Gasteiger partial charge is 0.184 e. The number of aliphatic imine (C=N–C) groups is 1. The monoisotopic (exact) mass is 608 g/mol. The van der Waals surface area contributed by atoms with Crippen molar-refractivity contribution in [3.05, 3.63) is 108 Å². The number of methoxy groups -OCH3 is 2. The highest BCUT2D eigenvalue weighted by molar-refractivity contribution is 5.82. The minimum atomic E-state index is -1.03. The fourth-order valence-electron chi connectivity index (χ4n) is 5.63. The van der Waals surface area contributed by atoms with Gasteiger partial charge in [0.1, 0.15) is 35.8 Å². The van der Waals surface area contributed by atoms with Gasteiger partial charge >= 0.3 is 0 Å². The Hall–Kier alpha value is -4.84. The van der Waals surface area contributed by atoms with Crippen LogP contribution in [-0.2, 0) is 15.1 Å². The third-order valence-corrected chi connectivity index (χ3v) is 7.90. The number of benzene rings is 3. The normalized spacial score (nSPS) is 18.5. The van der Waals surface area contributed by atoms with Gasteiger partial charge in [-0.1, -0.05) is 54.6 Å². The molecule has 3 aromatic carbocycles. The molecule has 1 aliphatic heterocycles. The Kier molecular flexibility index (Phi) is 8.74. The molecular weight excluding hydrogens is 572 g/mol. The molecule has 232 valence electrons. The molecule has 1 aliphatic rings. The predicted molar refractivity (Wildman–Crippen MR) is 170 cm³/mol. The van der Waals surface area contributed by atoms with E-state index in [0.717, 1.165) is 28.2 Å². The van der Waals surface area contributed by atoms with Gasteiger partial charge in [-0.2, -0.15) is 0 Å². The predicted octanol–water partition coefficient (Wildman–Crippen LogP) is 4.72. The van der Waals surface area contributed by atoms with E-state index in [0.29, 0.717) is 23.4 Å². The van der Waals surface area contributed by atoms with Crippen molar-refractivity contribution in [2.24, 2.45) is 4.99 Å². The molecule has 11 heteroatoms. The second kappa shape index (κ2) is 13.0. The van der Waals surface area contributed by atoms with Crippen LogP contribution in [0.25, 0.3) is 11.2 Å². The van der Waals surface area contributed by atoms with Gasteiger partial charge in [0.05, 0.1) is 39.6 Å². The van der Waals surface area contributed by atoms with E-state index in [2.05, 4.69) is 19.9 Å². The van der Waals surface area contributed by atoms with Gasteiger partial charge in [-0.3, -0.25) is 4.57 Å². The summed E-state index contributed by atoms with van der Waals surface area (Å²) in [4.78, 5) is 19.5. The summed E-state index contributed by atoms with van der Waals surface area (Å²) >= 11 is 0. The van der Waals surface area contributed by atoms with Crippen molar-refractivity contribution in [2.75, 3.05) is 34.9 Å². The maximum absolute atomic E-state index is 11.2. The van der Waals surface area contributed by atoms with Crippen molar-refractivity contribution in [3.8, 4) is 11.5 Å². The van der Waals surface area contributed by atoms with E-state index in [4.69, 9.17) is 18.9 Å². The lowest BCUT2D eigenvalue weighted by molar-refractivity contribution is -0.0931. The largest absolute Gasteiger partial charge is 0.497 e. The van der Waals surface area contributed by atoms with Crippen molar-refractivity contribution >= 4 is 23.3 Å². The van der Waals surface area contributed by atoms with Crippen LogP contribution in [0.5, 0.6) is 11.5 Å². The standard InChI is InChI=1S/C34H36N6O5/c1-39(2)21-38-32-31-33(36-20-35-32)40(22-37-31)30-18-28(41)29(45-30)19-44-34(23-8-6-5-7-9-23,24-10-14-26(42-3)15-11-24)25-12-16-27(43-4)17-13-25/h5-17,20-22,28-30,41H,18-19H2,1-4H3/b38-21+/t28-,29+,30+/m0/s1. The average molecular weight is 609 g/mol. The fourth-order valence-corrected chi connectivity index (χ4v) is 5.63. The fraction of sp³-hybridized carbons (Fsp3) is 0.294. The Morgan fingerprint density at radius 3 is 2.13 bits per heavy atom. The van der Waals surface area contributed by atoms with E-state index in [1.807, 2.05) is 102 Å². The molecule has 45 heavy (non-hydrogen) atoms. The number of ether oxygens (including phenoxy) is 4. The number of aromatic nitrogens is 4. The van der Waals surface area contributed by atoms with Gasteiger partial charge in [0, 0.05) is 20.5 Å². The quantitative estimate of drug-likeness (QED) is 0.129. The van der Waals surface area contributed by atoms with Crippen molar-refractivity contribution in [1.82, 2.24) is 24.4 Å². The highest BCUT2D eigenvalue weighted by Gasteiger charge is 2.42. The number of hydrogen-bond acceptors (Lipinski definition) is 9. The summed E-state index contributed by atoms with van der Waals surface area (Å²) in [7, 11) is 7.04. The second-order valence-electron chi connectivity index (χ2n) is 11.0. The SMILES string of the molecule is COc1ccc(C(OC[C@H]2O[C@@H](n3cnc4c(/N=C/N(C)C)ncnc43)C[C@@H]2O)(c2ccccc2)c2ccc(OC)cc2)cc1. The lowest BCUT2D eigenvalue weighted by Gasteiger charge is -2.37. The van der Waals surface area contributed by atoms with E-state index in [-0.39, 0.29) is 6.61 Å². The molecule has 2 aromatic heterocycles. The molecule has 5 aromatic rings. The summed E-state index contributed by atoms with van der Waals surface area (Å²) < 4.78 is 26.1. The first-order chi connectivity index (χ1) is 21.9. The molecule has 1 fully saturated rings. The molecule has 0 aliphatic carbocycles. The van der Waals surface area contributed by atoms with E-state index in [1.165, 1.54) is 6.33 Å². The van der Waals surface area contributed by atoms with Crippen molar-refractivity contribution in [3.63, 3.8) is 0 Å². The average Bonchev–Trinajstić information content (AvgIpc) is 3.68. The van der Waals surface area contributed by atoms with E-state index in [1.54, 1.807) is 26.9 Å². The van der Waals surface area contributed by atoms with Crippen LogP contribution in [0.3, 0.4) is 0 Å². The van der Waals surface area contributed by atoms with Gasteiger partial charge in [-0.05, 0) is 41.0 Å². The summed E-state index contributed by atoms with van der Waals surface area (Å²) in [5.41, 5.74) is 2.81. The van der Waals surface area contributed by atoms with E-state index < -0.39 is 24.0 Å². The zero-order valence-corrected chi connectivity index (χ0v) is 25.6. The first kappa shape index (κ1) is 30.2. The molecule has 0 bridgehead atoms. The summed E-state index contributed by atoms with van der Waals surface area (Å²) in [6, 6.07) is 25.7. The van der Waals surface area contributed by atoms with Gasteiger partial charge in [-0.25, -0.2) is 19.9 Å². The molecular formula is C34H36N6O5. The van der Waals surface area contributed by atoms with Crippen LogP contribution in [0.15, 0.2) is 96.5 Å². The Morgan fingerprint density at radius 1 is 0.911 bits per heavy atom. The molecule has 1 saturated heterocycles. The van der Waals surface area contributed by atoms with E-state index in [9.17, 15) is 5.11 Å². The first-order valence-corrected chi connectivity index (χ1v) is 14.6. The minimum Gasteiger partial charge on any atom is -0.497 e. The van der Waals surface area contributed by atoms with Crippen molar-refractivity contribution < 1.29 is 24.1 Å². The maximum Gasteiger partial charge on any atom is 0.184 e. The lowest BCUT2D eigenvalue weighted by Crippen LogP contribution is -2.38. The highest BCUT2D eigenvalue weighted by Crippen LogP contribution is 2.43. The van der Waals surface area contributed by atoms with Crippen LogP contribution in [-0.4, -0.2) is 83.0 Å². The number of aliphatic hydroxyl groups is 1. The van der Waals surface area contributed by atoms with Crippen LogP contribution in [0.4, 0.5) is 5.82 Å². The molecule has 1 N–H and O–H groups in total. The molecule has 3 atom stereocenters.